The van der Waals surface area contributed by atoms with Gasteiger partial charge in [0.1, 0.15) is 0 Å². The summed E-state index contributed by atoms with van der Waals surface area (Å²) in [5.74, 6) is 0. The molecule has 1 aliphatic rings. The Balaban J connectivity index is 2.02. The van der Waals surface area contributed by atoms with Crippen LogP contribution < -0.4 is 5.32 Å². The summed E-state index contributed by atoms with van der Waals surface area (Å²) in [6.07, 6.45) is 12.4. The second kappa shape index (κ2) is 10.8. The van der Waals surface area contributed by atoms with E-state index >= 15 is 0 Å². The van der Waals surface area contributed by atoms with Gasteiger partial charge in [-0.1, -0.05) is 39.5 Å². The third kappa shape index (κ3) is 7.38. The van der Waals surface area contributed by atoms with E-state index in [0.717, 1.165) is 6.04 Å². The van der Waals surface area contributed by atoms with Crippen molar-refractivity contribution >= 4 is 0 Å². The van der Waals surface area contributed by atoms with Gasteiger partial charge in [0.15, 0.2) is 0 Å². The first kappa shape index (κ1) is 16.0. The van der Waals surface area contributed by atoms with E-state index < -0.39 is 0 Å². The van der Waals surface area contributed by atoms with Gasteiger partial charge < -0.3 is 10.2 Å². The van der Waals surface area contributed by atoms with Crippen molar-refractivity contribution in [3.63, 3.8) is 0 Å². The van der Waals surface area contributed by atoms with E-state index in [1.807, 2.05) is 0 Å². The van der Waals surface area contributed by atoms with Gasteiger partial charge in [0.2, 0.25) is 0 Å². The SMILES string of the molecule is CCCCC(CCC)NCCCN1CCCCC1. The molecule has 0 aliphatic carbocycles. The van der Waals surface area contributed by atoms with E-state index in [1.165, 1.54) is 84.0 Å². The summed E-state index contributed by atoms with van der Waals surface area (Å²) in [4.78, 5) is 2.64. The molecule has 1 aliphatic heterocycles. The first-order valence-corrected chi connectivity index (χ1v) is 8.32. The second-order valence-corrected chi connectivity index (χ2v) is 5.84. The number of piperidine rings is 1. The van der Waals surface area contributed by atoms with E-state index in [0.29, 0.717) is 0 Å². The van der Waals surface area contributed by atoms with Crippen LogP contribution in [-0.2, 0) is 0 Å². The van der Waals surface area contributed by atoms with E-state index in [-0.39, 0.29) is 0 Å². The maximum Gasteiger partial charge on any atom is 0.00669 e. The smallest absolute Gasteiger partial charge is 0.00669 e. The van der Waals surface area contributed by atoms with Gasteiger partial charge in [0.05, 0.1) is 0 Å². The van der Waals surface area contributed by atoms with E-state index in [9.17, 15) is 0 Å². The number of hydrogen-bond donors (Lipinski definition) is 1. The fourth-order valence-corrected chi connectivity index (χ4v) is 2.94. The van der Waals surface area contributed by atoms with Gasteiger partial charge >= 0.3 is 0 Å². The van der Waals surface area contributed by atoms with Crippen LogP contribution in [0.1, 0.15) is 71.6 Å². The molecule has 18 heavy (non-hydrogen) atoms. The molecule has 1 atom stereocenters. The summed E-state index contributed by atoms with van der Waals surface area (Å²) in [5, 5.41) is 3.77. The van der Waals surface area contributed by atoms with Crippen molar-refractivity contribution < 1.29 is 0 Å². The Bertz CT molecular complexity index is 176. The largest absolute Gasteiger partial charge is 0.314 e. The minimum atomic E-state index is 0.774. The Morgan fingerprint density at radius 2 is 1.72 bits per heavy atom. The van der Waals surface area contributed by atoms with Crippen molar-refractivity contribution in [2.45, 2.75) is 77.7 Å². The van der Waals surface area contributed by atoms with Crippen molar-refractivity contribution in [2.75, 3.05) is 26.2 Å². The highest BCUT2D eigenvalue weighted by Gasteiger charge is 2.10. The molecule has 2 nitrogen and oxygen atoms in total. The van der Waals surface area contributed by atoms with Crippen molar-refractivity contribution in [1.82, 2.24) is 10.2 Å². The van der Waals surface area contributed by atoms with Crippen molar-refractivity contribution in [1.29, 1.82) is 0 Å². The lowest BCUT2D eigenvalue weighted by atomic mass is 10.1. The lowest BCUT2D eigenvalue weighted by molar-refractivity contribution is 0.224. The molecular formula is C16H34N2. The van der Waals surface area contributed by atoms with Crippen LogP contribution in [0.15, 0.2) is 0 Å². The fraction of sp³-hybridized carbons (Fsp3) is 1.00. The molecule has 2 heteroatoms. The standard InChI is InChI=1S/C16H34N2/c1-3-5-11-16(10-4-2)17-12-9-15-18-13-7-6-8-14-18/h16-17H,3-15H2,1-2H3. The molecule has 1 fully saturated rings. The van der Waals surface area contributed by atoms with Gasteiger partial charge in [-0.3, -0.25) is 0 Å². The van der Waals surface area contributed by atoms with Gasteiger partial charge in [-0.05, 0) is 58.3 Å². The highest BCUT2D eigenvalue weighted by Crippen LogP contribution is 2.09. The molecule has 108 valence electrons. The zero-order chi connectivity index (χ0) is 13.1. The zero-order valence-electron chi connectivity index (χ0n) is 12.7. The second-order valence-electron chi connectivity index (χ2n) is 5.84. The third-order valence-electron chi connectivity index (χ3n) is 4.08. The quantitative estimate of drug-likeness (QED) is 0.596. The van der Waals surface area contributed by atoms with Crippen LogP contribution in [0.5, 0.6) is 0 Å². The van der Waals surface area contributed by atoms with E-state index in [2.05, 4.69) is 24.1 Å². The molecule has 0 aromatic carbocycles. The molecular weight excluding hydrogens is 220 g/mol. The fourth-order valence-electron chi connectivity index (χ4n) is 2.94. The Kier molecular flexibility index (Phi) is 9.59. The molecule has 0 saturated carbocycles. The van der Waals surface area contributed by atoms with Crippen molar-refractivity contribution in [3.8, 4) is 0 Å². The molecule has 0 radical (unpaired) electrons. The van der Waals surface area contributed by atoms with E-state index in [4.69, 9.17) is 0 Å². The first-order valence-electron chi connectivity index (χ1n) is 8.32. The molecule has 1 heterocycles. The summed E-state index contributed by atoms with van der Waals surface area (Å²) in [5.41, 5.74) is 0. The summed E-state index contributed by atoms with van der Waals surface area (Å²) in [6, 6.07) is 0.774. The Hall–Kier alpha value is -0.0800. The van der Waals surface area contributed by atoms with Crippen LogP contribution in [-0.4, -0.2) is 37.1 Å². The molecule has 0 aromatic heterocycles. The number of likely N-dealkylation sites (tertiary alicyclic amines) is 1. The number of nitrogens with one attached hydrogen (secondary N) is 1. The zero-order valence-corrected chi connectivity index (χ0v) is 12.7. The third-order valence-corrected chi connectivity index (χ3v) is 4.08. The Labute approximate surface area is 115 Å². The molecule has 1 N–H and O–H groups in total. The normalized spacial score (nSPS) is 19.0. The number of unbranched alkanes of at least 4 members (excludes halogenated alkanes) is 1. The lowest BCUT2D eigenvalue weighted by Crippen LogP contribution is -2.34. The minimum absolute atomic E-state index is 0.774. The van der Waals surface area contributed by atoms with Gasteiger partial charge in [0.25, 0.3) is 0 Å². The topological polar surface area (TPSA) is 15.3 Å². The predicted molar refractivity (Wildman–Crippen MR) is 81.1 cm³/mol. The highest BCUT2D eigenvalue weighted by atomic mass is 15.1. The molecule has 0 amide bonds. The lowest BCUT2D eigenvalue weighted by Gasteiger charge is -2.26. The van der Waals surface area contributed by atoms with Crippen LogP contribution in [0.2, 0.25) is 0 Å². The van der Waals surface area contributed by atoms with Crippen LogP contribution in [0.3, 0.4) is 0 Å². The van der Waals surface area contributed by atoms with Crippen molar-refractivity contribution in [2.24, 2.45) is 0 Å². The average molecular weight is 254 g/mol. The molecule has 1 saturated heterocycles. The van der Waals surface area contributed by atoms with Crippen molar-refractivity contribution in [3.05, 3.63) is 0 Å². The number of rotatable bonds is 10. The van der Waals surface area contributed by atoms with Crippen LogP contribution >= 0.6 is 0 Å². The molecule has 1 rings (SSSR count). The molecule has 0 aromatic rings. The predicted octanol–water partition coefficient (Wildman–Crippen LogP) is 3.81. The Morgan fingerprint density at radius 3 is 2.39 bits per heavy atom. The molecule has 1 unspecified atom stereocenters. The molecule has 0 spiro atoms. The summed E-state index contributed by atoms with van der Waals surface area (Å²) >= 11 is 0. The maximum absolute atomic E-state index is 3.77. The van der Waals surface area contributed by atoms with E-state index in [1.54, 1.807) is 0 Å². The summed E-state index contributed by atoms with van der Waals surface area (Å²) < 4.78 is 0. The average Bonchev–Trinajstić information content (AvgIpc) is 2.42. The first-order chi connectivity index (χ1) is 8.86. The van der Waals surface area contributed by atoms with Gasteiger partial charge in [0, 0.05) is 6.04 Å². The maximum atomic E-state index is 3.77. The Morgan fingerprint density at radius 1 is 0.944 bits per heavy atom. The van der Waals surface area contributed by atoms with Crippen LogP contribution in [0, 0.1) is 0 Å². The summed E-state index contributed by atoms with van der Waals surface area (Å²) in [7, 11) is 0. The summed E-state index contributed by atoms with van der Waals surface area (Å²) in [6.45, 7) is 9.79. The molecule has 0 bridgehead atoms. The van der Waals surface area contributed by atoms with Gasteiger partial charge in [-0.25, -0.2) is 0 Å². The number of hydrogen-bond acceptors (Lipinski definition) is 2. The van der Waals surface area contributed by atoms with Crippen LogP contribution in [0.25, 0.3) is 0 Å². The van der Waals surface area contributed by atoms with Gasteiger partial charge in [-0.15, -0.1) is 0 Å². The highest BCUT2D eigenvalue weighted by molar-refractivity contribution is 4.68. The van der Waals surface area contributed by atoms with Gasteiger partial charge in [-0.2, -0.15) is 0 Å². The minimum Gasteiger partial charge on any atom is -0.314 e. The van der Waals surface area contributed by atoms with Crippen LogP contribution in [0.4, 0.5) is 0 Å². The monoisotopic (exact) mass is 254 g/mol. The number of nitrogens with zero attached hydrogens (tertiary/aromatic N) is 1.